The van der Waals surface area contributed by atoms with E-state index in [0.29, 0.717) is 0 Å². The quantitative estimate of drug-likeness (QED) is 0.662. The molecule has 5 heteroatoms. The lowest BCUT2D eigenvalue weighted by Gasteiger charge is -2.10. The van der Waals surface area contributed by atoms with Crippen LogP contribution >= 0.6 is 0 Å². The molecule has 0 bridgehead atoms. The Morgan fingerprint density at radius 3 is 2.61 bits per heavy atom. The van der Waals surface area contributed by atoms with Crippen LogP contribution in [0.2, 0.25) is 0 Å². The summed E-state index contributed by atoms with van der Waals surface area (Å²) in [5.41, 5.74) is 0.202. The van der Waals surface area contributed by atoms with Crippen LogP contribution in [0, 0.1) is 0 Å². The molecule has 0 spiro atoms. The maximum atomic E-state index is 13.1. The molecule has 0 aliphatic rings. The summed E-state index contributed by atoms with van der Waals surface area (Å²) in [6, 6.07) is 4.15. The molecule has 1 heterocycles. The van der Waals surface area contributed by atoms with Crippen molar-refractivity contribution in [3.05, 3.63) is 47.8 Å². The number of nitrogens with zero attached hydrogens (tertiary/aromatic N) is 1. The molecule has 3 nitrogen and oxygen atoms in total. The Labute approximate surface area is 103 Å². The third kappa shape index (κ3) is 3.48. The van der Waals surface area contributed by atoms with Crippen molar-refractivity contribution in [3.63, 3.8) is 0 Å². The van der Waals surface area contributed by atoms with Crippen LogP contribution in [0.15, 0.2) is 36.4 Å². The second kappa shape index (κ2) is 5.08. The topological polar surface area (TPSA) is 50.2 Å². The monoisotopic (exact) mass is 253 g/mol. The minimum absolute atomic E-state index is 0.0652. The second-order valence-corrected chi connectivity index (χ2v) is 3.95. The Bertz CT molecular complexity index is 516. The zero-order valence-corrected chi connectivity index (χ0v) is 10.1. The molecule has 0 aliphatic carbocycles. The normalized spacial score (nSPS) is 12.3. The number of aliphatic carboxylic acids is 1. The molecule has 0 saturated carbocycles. The molecule has 1 rings (SSSR count). The Morgan fingerprint density at radius 1 is 1.50 bits per heavy atom. The van der Waals surface area contributed by atoms with Crippen LogP contribution in [-0.2, 0) is 10.7 Å². The standard InChI is InChI=1S/C13H13F2NO2/c1-8(7-9(2)12(17)18)10-5-4-6-11(16-10)13(3,14)15/h4-7H,1H2,2-3H3,(H,17,18). The van der Waals surface area contributed by atoms with Gasteiger partial charge in [-0.05, 0) is 30.7 Å². The number of pyridine rings is 1. The fraction of sp³-hybridized carbons (Fsp3) is 0.231. The SMILES string of the molecule is C=C(C=C(C)C(=O)O)c1cccc(C(C)(F)F)n1. The van der Waals surface area contributed by atoms with Crippen molar-refractivity contribution in [1.82, 2.24) is 4.98 Å². The van der Waals surface area contributed by atoms with E-state index in [1.165, 1.54) is 31.2 Å². The van der Waals surface area contributed by atoms with Gasteiger partial charge in [-0.15, -0.1) is 0 Å². The molecule has 0 aromatic carbocycles. The maximum absolute atomic E-state index is 13.1. The summed E-state index contributed by atoms with van der Waals surface area (Å²) in [7, 11) is 0. The number of alkyl halides is 2. The third-order valence-electron chi connectivity index (χ3n) is 2.26. The van der Waals surface area contributed by atoms with Crippen molar-refractivity contribution < 1.29 is 18.7 Å². The van der Waals surface area contributed by atoms with E-state index in [0.717, 1.165) is 6.92 Å². The van der Waals surface area contributed by atoms with Crippen molar-refractivity contribution in [3.8, 4) is 0 Å². The van der Waals surface area contributed by atoms with Gasteiger partial charge >= 0.3 is 5.97 Å². The average Bonchev–Trinajstić information content (AvgIpc) is 2.27. The minimum atomic E-state index is -3.04. The summed E-state index contributed by atoms with van der Waals surface area (Å²) in [4.78, 5) is 14.4. The third-order valence-corrected chi connectivity index (χ3v) is 2.26. The van der Waals surface area contributed by atoms with Gasteiger partial charge in [0.25, 0.3) is 5.92 Å². The smallest absolute Gasteiger partial charge is 0.331 e. The highest BCUT2D eigenvalue weighted by atomic mass is 19.3. The van der Waals surface area contributed by atoms with Gasteiger partial charge in [-0.25, -0.2) is 9.78 Å². The van der Waals surface area contributed by atoms with Crippen molar-refractivity contribution >= 4 is 11.5 Å². The Hall–Kier alpha value is -2.04. The fourth-order valence-corrected chi connectivity index (χ4v) is 1.26. The number of carbonyl (C=O) groups is 1. The van der Waals surface area contributed by atoms with E-state index in [9.17, 15) is 13.6 Å². The lowest BCUT2D eigenvalue weighted by Crippen LogP contribution is -2.10. The zero-order valence-electron chi connectivity index (χ0n) is 10.1. The highest BCUT2D eigenvalue weighted by Gasteiger charge is 2.26. The number of carboxylic acids is 1. The van der Waals surface area contributed by atoms with Gasteiger partial charge in [-0.2, -0.15) is 8.78 Å². The van der Waals surface area contributed by atoms with E-state index in [2.05, 4.69) is 11.6 Å². The predicted molar refractivity (Wildman–Crippen MR) is 64.2 cm³/mol. The maximum Gasteiger partial charge on any atom is 0.331 e. The molecule has 0 saturated heterocycles. The van der Waals surface area contributed by atoms with Gasteiger partial charge in [0, 0.05) is 12.5 Å². The van der Waals surface area contributed by atoms with Crippen molar-refractivity contribution in [2.24, 2.45) is 0 Å². The van der Waals surface area contributed by atoms with E-state index in [1.54, 1.807) is 0 Å². The average molecular weight is 253 g/mol. The summed E-state index contributed by atoms with van der Waals surface area (Å²) in [5, 5.41) is 8.71. The van der Waals surface area contributed by atoms with Gasteiger partial charge in [0.2, 0.25) is 0 Å². The van der Waals surface area contributed by atoms with E-state index >= 15 is 0 Å². The Morgan fingerprint density at radius 2 is 2.11 bits per heavy atom. The molecule has 0 fully saturated rings. The highest BCUT2D eigenvalue weighted by Crippen LogP contribution is 2.26. The first kappa shape index (κ1) is 14.0. The minimum Gasteiger partial charge on any atom is -0.478 e. The first-order valence-electron chi connectivity index (χ1n) is 5.18. The number of aromatic nitrogens is 1. The van der Waals surface area contributed by atoms with E-state index in [4.69, 9.17) is 5.11 Å². The highest BCUT2D eigenvalue weighted by molar-refractivity contribution is 5.89. The molecule has 1 aromatic rings. The van der Waals surface area contributed by atoms with Crippen LogP contribution in [0.4, 0.5) is 8.78 Å². The summed E-state index contributed by atoms with van der Waals surface area (Å²) < 4.78 is 26.2. The summed E-state index contributed by atoms with van der Waals surface area (Å²) in [5.74, 6) is -4.13. The van der Waals surface area contributed by atoms with Gasteiger partial charge < -0.3 is 5.11 Å². The van der Waals surface area contributed by atoms with Crippen LogP contribution in [0.3, 0.4) is 0 Å². The van der Waals surface area contributed by atoms with Crippen molar-refractivity contribution in [1.29, 1.82) is 0 Å². The summed E-state index contributed by atoms with van der Waals surface area (Å²) in [6.07, 6.45) is 1.29. The fourth-order valence-electron chi connectivity index (χ4n) is 1.26. The van der Waals surface area contributed by atoms with Crippen molar-refractivity contribution in [2.45, 2.75) is 19.8 Å². The van der Waals surface area contributed by atoms with Gasteiger partial charge in [-0.3, -0.25) is 0 Å². The van der Waals surface area contributed by atoms with E-state index < -0.39 is 11.9 Å². The summed E-state index contributed by atoms with van der Waals surface area (Å²) >= 11 is 0. The Balaban J connectivity index is 3.09. The van der Waals surface area contributed by atoms with Gasteiger partial charge in [0.1, 0.15) is 5.69 Å². The van der Waals surface area contributed by atoms with Crippen LogP contribution in [-0.4, -0.2) is 16.1 Å². The number of hydrogen-bond donors (Lipinski definition) is 1. The van der Waals surface area contributed by atoms with Gasteiger partial charge in [-0.1, -0.05) is 12.6 Å². The molecule has 0 atom stereocenters. The molecular formula is C13H13F2NO2. The molecule has 0 radical (unpaired) electrons. The number of allylic oxidation sites excluding steroid dienone is 2. The molecule has 18 heavy (non-hydrogen) atoms. The van der Waals surface area contributed by atoms with Crippen molar-refractivity contribution in [2.75, 3.05) is 0 Å². The van der Waals surface area contributed by atoms with Crippen LogP contribution in [0.25, 0.3) is 5.57 Å². The van der Waals surface area contributed by atoms with Crippen LogP contribution in [0.5, 0.6) is 0 Å². The van der Waals surface area contributed by atoms with E-state index in [-0.39, 0.29) is 22.5 Å². The summed E-state index contributed by atoms with van der Waals surface area (Å²) in [6.45, 7) is 5.77. The lowest BCUT2D eigenvalue weighted by molar-refractivity contribution is -0.132. The molecule has 1 N–H and O–H groups in total. The van der Waals surface area contributed by atoms with Gasteiger partial charge in [0.05, 0.1) is 5.69 Å². The van der Waals surface area contributed by atoms with Gasteiger partial charge in [0.15, 0.2) is 0 Å². The first-order valence-corrected chi connectivity index (χ1v) is 5.18. The number of carboxylic acid groups (broad SMARTS) is 1. The number of rotatable bonds is 4. The van der Waals surface area contributed by atoms with Crippen LogP contribution in [0.1, 0.15) is 25.2 Å². The molecule has 96 valence electrons. The van der Waals surface area contributed by atoms with Crippen LogP contribution < -0.4 is 0 Å². The van der Waals surface area contributed by atoms with E-state index in [1.807, 2.05) is 0 Å². The predicted octanol–water partition coefficient (Wildman–Crippen LogP) is 3.24. The lowest BCUT2D eigenvalue weighted by atomic mass is 10.1. The first-order chi connectivity index (χ1) is 8.21. The number of halogens is 2. The Kier molecular flexibility index (Phi) is 3.96. The molecule has 0 aliphatic heterocycles. The zero-order chi connectivity index (χ0) is 13.9. The molecular weight excluding hydrogens is 240 g/mol. The largest absolute Gasteiger partial charge is 0.478 e. The second-order valence-electron chi connectivity index (χ2n) is 3.95. The number of hydrogen-bond acceptors (Lipinski definition) is 2. The molecule has 1 aromatic heterocycles. The molecule has 0 unspecified atom stereocenters. The molecule has 0 amide bonds.